The number of para-hydroxylation sites is 2. The molecule has 0 radical (unpaired) electrons. The second-order valence-electron chi connectivity index (χ2n) is 5.45. The molecule has 3 rings (SSSR count). The number of hydrogen-bond acceptors (Lipinski definition) is 5. The van der Waals surface area contributed by atoms with Gasteiger partial charge in [-0.25, -0.2) is 4.99 Å². The Kier molecular flexibility index (Phi) is 4.66. The first kappa shape index (κ1) is 16.5. The Morgan fingerprint density at radius 1 is 1.16 bits per heavy atom. The standard InChI is InChI=1S/C20H17NO4/c1-13-7-8-14(11-16(13)20(22)23)18-10-9-15(25-18)12-21-17-5-3-4-6-19(17)24-2/h3-12H,1-2H3,(H,22,23)/p-1. The largest absolute Gasteiger partial charge is 0.545 e. The number of carbonyl (C=O) groups excluding carboxylic acids is 1. The first-order valence-corrected chi connectivity index (χ1v) is 7.68. The Balaban J connectivity index is 1.87. The minimum absolute atomic E-state index is 0.151. The van der Waals surface area contributed by atoms with Crippen molar-refractivity contribution in [2.24, 2.45) is 4.99 Å². The number of aryl methyl sites for hydroxylation is 1. The monoisotopic (exact) mass is 334 g/mol. The summed E-state index contributed by atoms with van der Waals surface area (Å²) in [5, 5.41) is 11.2. The number of hydrogen-bond donors (Lipinski definition) is 0. The van der Waals surface area contributed by atoms with Gasteiger partial charge in [-0.2, -0.15) is 0 Å². The maximum absolute atomic E-state index is 11.2. The Morgan fingerprint density at radius 2 is 1.96 bits per heavy atom. The molecule has 0 aliphatic rings. The molecular weight excluding hydrogens is 318 g/mol. The van der Waals surface area contributed by atoms with Crippen LogP contribution in [-0.4, -0.2) is 19.3 Å². The number of carboxylic acid groups (broad SMARTS) is 1. The molecule has 0 amide bonds. The molecule has 0 saturated heterocycles. The molecule has 0 N–H and O–H groups in total. The van der Waals surface area contributed by atoms with Crippen LogP contribution in [-0.2, 0) is 0 Å². The van der Waals surface area contributed by atoms with E-state index in [1.165, 1.54) is 0 Å². The number of furan rings is 1. The molecule has 0 spiro atoms. The van der Waals surface area contributed by atoms with Crippen molar-refractivity contribution in [3.63, 3.8) is 0 Å². The highest BCUT2D eigenvalue weighted by Crippen LogP contribution is 2.27. The summed E-state index contributed by atoms with van der Waals surface area (Å²) in [5.41, 5.74) is 2.16. The second kappa shape index (κ2) is 7.05. The molecule has 1 aromatic heterocycles. The molecule has 0 aliphatic heterocycles. The number of carbonyl (C=O) groups is 1. The molecule has 0 aliphatic carbocycles. The number of methoxy groups -OCH3 is 1. The number of nitrogens with zero attached hydrogens (tertiary/aromatic N) is 1. The van der Waals surface area contributed by atoms with Crippen LogP contribution in [0.1, 0.15) is 21.7 Å². The van der Waals surface area contributed by atoms with Crippen LogP contribution in [0.3, 0.4) is 0 Å². The van der Waals surface area contributed by atoms with Gasteiger partial charge in [-0.3, -0.25) is 0 Å². The topological polar surface area (TPSA) is 74.9 Å². The fourth-order valence-corrected chi connectivity index (χ4v) is 2.44. The zero-order valence-electron chi connectivity index (χ0n) is 13.9. The van der Waals surface area contributed by atoms with Crippen LogP contribution >= 0.6 is 0 Å². The van der Waals surface area contributed by atoms with E-state index in [0.717, 1.165) is 0 Å². The second-order valence-corrected chi connectivity index (χ2v) is 5.45. The van der Waals surface area contributed by atoms with Gasteiger partial charge in [-0.1, -0.05) is 24.3 Å². The zero-order valence-corrected chi connectivity index (χ0v) is 13.9. The van der Waals surface area contributed by atoms with Gasteiger partial charge in [0.25, 0.3) is 0 Å². The molecule has 5 nitrogen and oxygen atoms in total. The third kappa shape index (κ3) is 3.61. The predicted molar refractivity (Wildman–Crippen MR) is 93.5 cm³/mol. The molecule has 0 unspecified atom stereocenters. The fraction of sp³-hybridized carbons (Fsp3) is 0.100. The molecule has 3 aromatic rings. The van der Waals surface area contributed by atoms with Crippen molar-refractivity contribution in [3.8, 4) is 17.1 Å². The van der Waals surface area contributed by atoms with Crippen LogP contribution in [0.4, 0.5) is 5.69 Å². The van der Waals surface area contributed by atoms with Gasteiger partial charge in [0.2, 0.25) is 0 Å². The van der Waals surface area contributed by atoms with Crippen molar-refractivity contribution in [2.45, 2.75) is 6.92 Å². The molecular formula is C20H16NO4-. The lowest BCUT2D eigenvalue weighted by atomic mass is 10.0. The molecule has 5 heteroatoms. The highest BCUT2D eigenvalue weighted by molar-refractivity contribution is 5.89. The minimum atomic E-state index is -1.20. The van der Waals surface area contributed by atoms with Crippen molar-refractivity contribution < 1.29 is 19.1 Å². The molecule has 25 heavy (non-hydrogen) atoms. The van der Waals surface area contributed by atoms with Crippen LogP contribution < -0.4 is 9.84 Å². The van der Waals surface area contributed by atoms with Crippen molar-refractivity contribution in [2.75, 3.05) is 7.11 Å². The number of ether oxygens (including phenoxy) is 1. The summed E-state index contributed by atoms with van der Waals surface area (Å²) in [6, 6.07) is 16.0. The van der Waals surface area contributed by atoms with Gasteiger partial charge in [0.05, 0.1) is 19.3 Å². The maximum atomic E-state index is 11.2. The van der Waals surface area contributed by atoms with Gasteiger partial charge >= 0.3 is 0 Å². The normalized spacial score (nSPS) is 11.0. The molecule has 2 aromatic carbocycles. The zero-order chi connectivity index (χ0) is 17.8. The Bertz CT molecular complexity index is 940. The van der Waals surface area contributed by atoms with Crippen molar-refractivity contribution in [1.82, 2.24) is 0 Å². The lowest BCUT2D eigenvalue weighted by molar-refractivity contribution is -0.255. The number of aliphatic imine (C=N–C) groups is 1. The SMILES string of the molecule is COc1ccccc1N=Cc1ccc(-c2ccc(C)c(C(=O)[O-])c2)o1. The van der Waals surface area contributed by atoms with E-state index in [2.05, 4.69) is 4.99 Å². The van der Waals surface area contributed by atoms with Gasteiger partial charge in [-0.15, -0.1) is 0 Å². The quantitative estimate of drug-likeness (QED) is 0.670. The van der Waals surface area contributed by atoms with Gasteiger partial charge in [0, 0.05) is 11.1 Å². The van der Waals surface area contributed by atoms with E-state index < -0.39 is 5.97 Å². The summed E-state index contributed by atoms with van der Waals surface area (Å²) in [4.78, 5) is 15.5. The molecule has 0 atom stereocenters. The lowest BCUT2D eigenvalue weighted by Gasteiger charge is -2.08. The van der Waals surface area contributed by atoms with E-state index in [-0.39, 0.29) is 5.56 Å². The van der Waals surface area contributed by atoms with Gasteiger partial charge in [0.15, 0.2) is 0 Å². The third-order valence-electron chi connectivity index (χ3n) is 3.78. The van der Waals surface area contributed by atoms with E-state index in [1.54, 1.807) is 44.5 Å². The fourth-order valence-electron chi connectivity index (χ4n) is 2.44. The summed E-state index contributed by atoms with van der Waals surface area (Å²) in [5.74, 6) is 0.576. The Labute approximate surface area is 145 Å². The van der Waals surface area contributed by atoms with Crippen LogP contribution in [0, 0.1) is 6.92 Å². The summed E-state index contributed by atoms with van der Waals surface area (Å²) < 4.78 is 11.0. The molecule has 0 fully saturated rings. The Hall–Kier alpha value is -3.34. The van der Waals surface area contributed by atoms with Crippen LogP contribution in [0.25, 0.3) is 11.3 Å². The molecule has 1 heterocycles. The van der Waals surface area contributed by atoms with E-state index in [1.807, 2.05) is 30.3 Å². The summed E-state index contributed by atoms with van der Waals surface area (Å²) in [6.07, 6.45) is 1.59. The number of benzene rings is 2. The van der Waals surface area contributed by atoms with Gasteiger partial charge in [-0.05, 0) is 42.8 Å². The van der Waals surface area contributed by atoms with Gasteiger partial charge in [0.1, 0.15) is 23.0 Å². The average Bonchev–Trinajstić information content (AvgIpc) is 3.09. The third-order valence-corrected chi connectivity index (χ3v) is 3.78. The lowest BCUT2D eigenvalue weighted by Crippen LogP contribution is -2.23. The van der Waals surface area contributed by atoms with Crippen LogP contribution in [0.2, 0.25) is 0 Å². The van der Waals surface area contributed by atoms with Crippen molar-refractivity contribution >= 4 is 17.9 Å². The van der Waals surface area contributed by atoms with Crippen molar-refractivity contribution in [3.05, 3.63) is 71.5 Å². The van der Waals surface area contributed by atoms with Crippen LogP contribution in [0.5, 0.6) is 5.75 Å². The minimum Gasteiger partial charge on any atom is -0.545 e. The first-order valence-electron chi connectivity index (χ1n) is 7.68. The van der Waals surface area contributed by atoms with E-state index >= 15 is 0 Å². The van der Waals surface area contributed by atoms with Crippen LogP contribution in [0.15, 0.2) is 64.0 Å². The summed E-state index contributed by atoms with van der Waals surface area (Å²) in [6.45, 7) is 1.72. The van der Waals surface area contributed by atoms with E-state index in [4.69, 9.17) is 9.15 Å². The number of aromatic carboxylic acids is 1. The maximum Gasteiger partial charge on any atom is 0.145 e. The molecule has 0 saturated carbocycles. The highest BCUT2D eigenvalue weighted by atomic mass is 16.5. The molecule has 0 bridgehead atoms. The van der Waals surface area contributed by atoms with Crippen molar-refractivity contribution in [1.29, 1.82) is 0 Å². The molecule has 126 valence electrons. The summed E-state index contributed by atoms with van der Waals surface area (Å²) in [7, 11) is 1.59. The number of rotatable bonds is 5. The average molecular weight is 334 g/mol. The van der Waals surface area contributed by atoms with E-state index in [9.17, 15) is 9.90 Å². The Morgan fingerprint density at radius 3 is 2.72 bits per heavy atom. The van der Waals surface area contributed by atoms with Gasteiger partial charge < -0.3 is 19.1 Å². The smallest absolute Gasteiger partial charge is 0.145 e. The summed E-state index contributed by atoms with van der Waals surface area (Å²) >= 11 is 0. The first-order chi connectivity index (χ1) is 12.1. The predicted octanol–water partition coefficient (Wildman–Crippen LogP) is 3.38. The number of carboxylic acids is 1. The van der Waals surface area contributed by atoms with E-state index in [0.29, 0.717) is 34.1 Å². The highest BCUT2D eigenvalue weighted by Gasteiger charge is 2.07.